The number of hydrogen-bond acceptors (Lipinski definition) is 3. The van der Waals surface area contributed by atoms with Gasteiger partial charge in [-0.05, 0) is 42.7 Å². The summed E-state index contributed by atoms with van der Waals surface area (Å²) in [7, 11) is 0. The minimum atomic E-state index is -0.646. The van der Waals surface area contributed by atoms with Gasteiger partial charge in [0.2, 0.25) is 5.91 Å². The number of imide groups is 1. The van der Waals surface area contributed by atoms with Crippen molar-refractivity contribution in [1.29, 1.82) is 0 Å². The maximum absolute atomic E-state index is 13.2. The van der Waals surface area contributed by atoms with Crippen molar-refractivity contribution in [3.63, 3.8) is 0 Å². The minimum absolute atomic E-state index is 0.155. The van der Waals surface area contributed by atoms with E-state index in [0.29, 0.717) is 16.3 Å². The molecule has 5 nitrogen and oxygen atoms in total. The number of nitrogens with one attached hydrogen (secondary N) is 2. The quantitative estimate of drug-likeness (QED) is 0.811. The molecule has 0 atom stereocenters. The fraction of sp³-hybridized carbons (Fsp3) is 0.250. The number of carbonyl (C=O) groups is 3. The summed E-state index contributed by atoms with van der Waals surface area (Å²) in [4.78, 5) is 37.2. The third-order valence-electron chi connectivity index (χ3n) is 5.30. The molecule has 1 heterocycles. The predicted octanol–water partition coefficient (Wildman–Crippen LogP) is 3.67. The van der Waals surface area contributed by atoms with E-state index in [-0.39, 0.29) is 11.5 Å². The van der Waals surface area contributed by atoms with E-state index in [1.807, 2.05) is 12.1 Å². The molecule has 0 unspecified atom stereocenters. The second-order valence-electron chi connectivity index (χ2n) is 6.76. The largest absolute Gasteiger partial charge is 0.325 e. The second-order valence-corrected chi connectivity index (χ2v) is 7.20. The Kier molecular flexibility index (Phi) is 4.04. The van der Waals surface area contributed by atoms with Gasteiger partial charge in [-0.2, -0.15) is 0 Å². The highest BCUT2D eigenvalue weighted by Crippen LogP contribution is 2.42. The molecule has 6 heteroatoms. The van der Waals surface area contributed by atoms with Gasteiger partial charge in [0, 0.05) is 5.02 Å². The summed E-state index contributed by atoms with van der Waals surface area (Å²) < 4.78 is 0. The molecule has 1 saturated carbocycles. The van der Waals surface area contributed by atoms with Crippen molar-refractivity contribution in [2.75, 3.05) is 5.32 Å². The van der Waals surface area contributed by atoms with E-state index in [1.54, 1.807) is 30.3 Å². The van der Waals surface area contributed by atoms with Gasteiger partial charge in [0.25, 0.3) is 11.8 Å². The van der Waals surface area contributed by atoms with Gasteiger partial charge >= 0.3 is 0 Å². The molecule has 1 aliphatic heterocycles. The van der Waals surface area contributed by atoms with Crippen molar-refractivity contribution in [3.05, 3.63) is 64.2 Å². The van der Waals surface area contributed by atoms with Gasteiger partial charge in [-0.1, -0.05) is 42.6 Å². The van der Waals surface area contributed by atoms with E-state index in [4.69, 9.17) is 11.6 Å². The molecule has 2 N–H and O–H groups in total. The standard InChI is InChI=1S/C20H17ClN2O3/c21-13-8-6-12(7-9-13)20(10-1-2-11-20)19(26)22-15-5-3-4-14-16(15)18(25)23-17(14)24/h3-9H,1-2,10-11H2,(H,22,26)(H,23,24,25). The maximum atomic E-state index is 13.2. The van der Waals surface area contributed by atoms with Crippen molar-refractivity contribution < 1.29 is 14.4 Å². The van der Waals surface area contributed by atoms with E-state index < -0.39 is 17.2 Å². The van der Waals surface area contributed by atoms with Crippen LogP contribution in [0.25, 0.3) is 0 Å². The summed E-state index contributed by atoms with van der Waals surface area (Å²) >= 11 is 5.99. The number of benzene rings is 2. The summed E-state index contributed by atoms with van der Waals surface area (Å²) in [5.74, 6) is -1.07. The zero-order valence-electron chi connectivity index (χ0n) is 14.0. The lowest BCUT2D eigenvalue weighted by atomic mass is 9.78. The number of fused-ring (bicyclic) bond motifs is 1. The molecular formula is C20H17ClN2O3. The highest BCUT2D eigenvalue weighted by molar-refractivity contribution is 6.30. The molecule has 1 aliphatic carbocycles. The van der Waals surface area contributed by atoms with Gasteiger partial charge in [0.1, 0.15) is 0 Å². The molecule has 0 spiro atoms. The van der Waals surface area contributed by atoms with Crippen LogP contribution in [0.2, 0.25) is 5.02 Å². The van der Waals surface area contributed by atoms with Gasteiger partial charge in [0.15, 0.2) is 0 Å². The normalized spacial score (nSPS) is 17.7. The smallest absolute Gasteiger partial charge is 0.261 e. The number of anilines is 1. The first-order chi connectivity index (χ1) is 12.5. The third-order valence-corrected chi connectivity index (χ3v) is 5.55. The van der Waals surface area contributed by atoms with Crippen LogP contribution in [0.1, 0.15) is 52.0 Å². The molecule has 0 saturated heterocycles. The number of hydrogen-bond donors (Lipinski definition) is 2. The summed E-state index contributed by atoms with van der Waals surface area (Å²) in [5.41, 5.74) is 1.17. The van der Waals surface area contributed by atoms with E-state index in [2.05, 4.69) is 10.6 Å². The van der Waals surface area contributed by atoms with Crippen molar-refractivity contribution in [1.82, 2.24) is 5.32 Å². The molecular weight excluding hydrogens is 352 g/mol. The Morgan fingerprint density at radius 3 is 2.38 bits per heavy atom. The molecule has 0 radical (unpaired) electrons. The van der Waals surface area contributed by atoms with Crippen LogP contribution in [0.5, 0.6) is 0 Å². The van der Waals surface area contributed by atoms with E-state index in [0.717, 1.165) is 31.2 Å². The van der Waals surface area contributed by atoms with E-state index >= 15 is 0 Å². The second kappa shape index (κ2) is 6.25. The maximum Gasteiger partial charge on any atom is 0.261 e. The average Bonchev–Trinajstić information content (AvgIpc) is 3.23. The Morgan fingerprint density at radius 1 is 1.00 bits per heavy atom. The fourth-order valence-electron chi connectivity index (χ4n) is 3.96. The minimum Gasteiger partial charge on any atom is -0.325 e. The summed E-state index contributed by atoms with van der Waals surface area (Å²) in [5, 5.41) is 5.80. The van der Waals surface area contributed by atoms with Gasteiger partial charge in [-0.3, -0.25) is 19.7 Å². The molecule has 2 aliphatic rings. The highest BCUT2D eigenvalue weighted by atomic mass is 35.5. The average molecular weight is 369 g/mol. The lowest BCUT2D eigenvalue weighted by molar-refractivity contribution is -0.121. The van der Waals surface area contributed by atoms with Gasteiger partial charge in [-0.25, -0.2) is 0 Å². The van der Waals surface area contributed by atoms with E-state index in [9.17, 15) is 14.4 Å². The summed E-state index contributed by atoms with van der Waals surface area (Å²) in [6.07, 6.45) is 3.39. The SMILES string of the molecule is O=C1NC(=O)c2c(NC(=O)C3(c4ccc(Cl)cc4)CCCC3)cccc21. The van der Waals surface area contributed by atoms with Crippen molar-refractivity contribution in [2.45, 2.75) is 31.1 Å². The molecule has 2 aromatic carbocycles. The third kappa shape index (κ3) is 2.59. The van der Waals surface area contributed by atoms with Crippen LogP contribution in [-0.4, -0.2) is 17.7 Å². The van der Waals surface area contributed by atoms with E-state index in [1.165, 1.54) is 0 Å². The molecule has 132 valence electrons. The van der Waals surface area contributed by atoms with Gasteiger partial charge < -0.3 is 5.32 Å². The van der Waals surface area contributed by atoms with Crippen LogP contribution in [0.3, 0.4) is 0 Å². The zero-order chi connectivity index (χ0) is 18.3. The molecule has 1 fully saturated rings. The number of rotatable bonds is 3. The van der Waals surface area contributed by atoms with Crippen molar-refractivity contribution in [3.8, 4) is 0 Å². The molecule has 2 aromatic rings. The Morgan fingerprint density at radius 2 is 1.69 bits per heavy atom. The lowest BCUT2D eigenvalue weighted by Crippen LogP contribution is -2.38. The highest BCUT2D eigenvalue weighted by Gasteiger charge is 2.43. The van der Waals surface area contributed by atoms with Crippen molar-refractivity contribution >= 4 is 35.0 Å². The number of carbonyl (C=O) groups excluding carboxylic acids is 3. The topological polar surface area (TPSA) is 75.3 Å². The first-order valence-electron chi connectivity index (χ1n) is 8.57. The molecule has 4 rings (SSSR count). The number of halogens is 1. The van der Waals surface area contributed by atoms with Gasteiger partial charge in [0.05, 0.1) is 22.2 Å². The first kappa shape index (κ1) is 16.8. The van der Waals surface area contributed by atoms with Crippen LogP contribution >= 0.6 is 11.6 Å². The van der Waals surface area contributed by atoms with Crippen LogP contribution in [0.15, 0.2) is 42.5 Å². The summed E-state index contributed by atoms with van der Waals surface area (Å²) in [6, 6.07) is 12.2. The van der Waals surface area contributed by atoms with Crippen LogP contribution < -0.4 is 10.6 Å². The Balaban J connectivity index is 1.70. The predicted molar refractivity (Wildman–Crippen MR) is 98.5 cm³/mol. The Bertz CT molecular complexity index is 915. The Hall–Kier alpha value is -2.66. The monoisotopic (exact) mass is 368 g/mol. The fourth-order valence-corrected chi connectivity index (χ4v) is 4.09. The molecule has 3 amide bonds. The zero-order valence-corrected chi connectivity index (χ0v) is 14.7. The van der Waals surface area contributed by atoms with Crippen LogP contribution in [0.4, 0.5) is 5.69 Å². The summed E-state index contributed by atoms with van der Waals surface area (Å²) in [6.45, 7) is 0. The van der Waals surface area contributed by atoms with Gasteiger partial charge in [-0.15, -0.1) is 0 Å². The Labute approximate surface area is 155 Å². The molecule has 0 bridgehead atoms. The number of amides is 3. The van der Waals surface area contributed by atoms with Crippen LogP contribution in [0, 0.1) is 0 Å². The van der Waals surface area contributed by atoms with Crippen molar-refractivity contribution in [2.24, 2.45) is 0 Å². The molecule has 0 aromatic heterocycles. The van der Waals surface area contributed by atoms with Crippen LogP contribution in [-0.2, 0) is 10.2 Å². The molecule has 26 heavy (non-hydrogen) atoms. The first-order valence-corrected chi connectivity index (χ1v) is 8.95. The lowest BCUT2D eigenvalue weighted by Gasteiger charge is -2.28.